The van der Waals surface area contributed by atoms with Gasteiger partial charge in [0, 0.05) is 6.04 Å². The van der Waals surface area contributed by atoms with E-state index in [1.54, 1.807) is 31.2 Å². The Hall–Kier alpha value is -1.55. The zero-order valence-corrected chi connectivity index (χ0v) is 12.2. The Morgan fingerprint density at radius 2 is 1.90 bits per heavy atom. The van der Waals surface area contributed by atoms with Gasteiger partial charge in [0.2, 0.25) is 5.91 Å². The molecule has 1 fully saturated rings. The first-order valence-corrected chi connectivity index (χ1v) is 7.31. The van der Waals surface area contributed by atoms with Crippen molar-refractivity contribution >= 4 is 23.4 Å². The third-order valence-electron chi connectivity index (χ3n) is 3.56. The summed E-state index contributed by atoms with van der Waals surface area (Å²) in [6.45, 7) is 1.68. The first-order chi connectivity index (χ1) is 9.58. The van der Waals surface area contributed by atoms with Crippen molar-refractivity contribution in [2.45, 2.75) is 44.7 Å². The van der Waals surface area contributed by atoms with Crippen LogP contribution in [0, 0.1) is 0 Å². The number of benzene rings is 1. The highest BCUT2D eigenvalue weighted by Gasteiger charge is 2.22. The van der Waals surface area contributed by atoms with E-state index in [2.05, 4.69) is 10.6 Å². The normalized spacial score (nSPS) is 16.7. The highest BCUT2D eigenvalue weighted by molar-refractivity contribution is 6.33. The van der Waals surface area contributed by atoms with Crippen molar-refractivity contribution in [2.24, 2.45) is 0 Å². The van der Waals surface area contributed by atoms with Crippen LogP contribution in [0.4, 0.5) is 0 Å². The number of carbonyl (C=O) groups is 2. The maximum absolute atomic E-state index is 12.0. The molecule has 1 aliphatic rings. The van der Waals surface area contributed by atoms with Gasteiger partial charge in [-0.2, -0.15) is 0 Å². The molecule has 2 rings (SSSR count). The van der Waals surface area contributed by atoms with Crippen LogP contribution in [0.25, 0.3) is 0 Å². The Labute approximate surface area is 123 Å². The molecule has 1 aromatic carbocycles. The average Bonchev–Trinajstić information content (AvgIpc) is 2.91. The Kier molecular flexibility index (Phi) is 5.01. The van der Waals surface area contributed by atoms with Gasteiger partial charge in [0.25, 0.3) is 5.91 Å². The van der Waals surface area contributed by atoms with Gasteiger partial charge in [0.15, 0.2) is 0 Å². The molecule has 5 heteroatoms. The van der Waals surface area contributed by atoms with E-state index in [9.17, 15) is 9.59 Å². The minimum absolute atomic E-state index is 0.141. The van der Waals surface area contributed by atoms with E-state index in [0.29, 0.717) is 10.6 Å². The number of nitrogens with one attached hydrogen (secondary N) is 2. The summed E-state index contributed by atoms with van der Waals surface area (Å²) in [4.78, 5) is 24.0. The van der Waals surface area contributed by atoms with E-state index >= 15 is 0 Å². The predicted octanol–water partition coefficient (Wildman–Crippen LogP) is 2.52. The number of hydrogen-bond donors (Lipinski definition) is 2. The zero-order valence-electron chi connectivity index (χ0n) is 11.5. The molecule has 4 nitrogen and oxygen atoms in total. The third kappa shape index (κ3) is 3.73. The SMILES string of the molecule is C[C@H](NC(=O)c1ccccc1Cl)C(=O)NC1CCCC1. The summed E-state index contributed by atoms with van der Waals surface area (Å²) in [5.41, 5.74) is 0.384. The van der Waals surface area contributed by atoms with Gasteiger partial charge in [-0.1, -0.05) is 36.6 Å². The summed E-state index contributed by atoms with van der Waals surface area (Å²) in [5.74, 6) is -0.470. The van der Waals surface area contributed by atoms with E-state index in [-0.39, 0.29) is 17.9 Å². The Balaban J connectivity index is 1.90. The van der Waals surface area contributed by atoms with Crippen molar-refractivity contribution in [2.75, 3.05) is 0 Å². The van der Waals surface area contributed by atoms with Crippen LogP contribution in [0.3, 0.4) is 0 Å². The second kappa shape index (κ2) is 6.75. The molecule has 0 bridgehead atoms. The zero-order chi connectivity index (χ0) is 14.5. The lowest BCUT2D eigenvalue weighted by molar-refractivity contribution is -0.123. The van der Waals surface area contributed by atoms with E-state index in [4.69, 9.17) is 11.6 Å². The van der Waals surface area contributed by atoms with Crippen molar-refractivity contribution in [3.63, 3.8) is 0 Å². The van der Waals surface area contributed by atoms with Gasteiger partial charge in [-0.25, -0.2) is 0 Å². The van der Waals surface area contributed by atoms with Gasteiger partial charge in [-0.05, 0) is 31.9 Å². The fraction of sp³-hybridized carbons (Fsp3) is 0.467. The molecule has 20 heavy (non-hydrogen) atoms. The number of halogens is 1. The first kappa shape index (κ1) is 14.9. The van der Waals surface area contributed by atoms with Gasteiger partial charge in [0.05, 0.1) is 10.6 Å². The summed E-state index contributed by atoms with van der Waals surface area (Å²) in [6.07, 6.45) is 4.37. The topological polar surface area (TPSA) is 58.2 Å². The van der Waals surface area contributed by atoms with Gasteiger partial charge >= 0.3 is 0 Å². The molecule has 0 spiro atoms. The summed E-state index contributed by atoms with van der Waals surface area (Å²) in [5, 5.41) is 6.02. The average molecular weight is 295 g/mol. The molecular formula is C15H19ClN2O2. The minimum Gasteiger partial charge on any atom is -0.352 e. The molecule has 108 valence electrons. The van der Waals surface area contributed by atoms with E-state index in [1.165, 1.54) is 0 Å². The van der Waals surface area contributed by atoms with Crippen LogP contribution in [0.1, 0.15) is 43.0 Å². The van der Waals surface area contributed by atoms with Crippen molar-refractivity contribution in [3.05, 3.63) is 34.9 Å². The van der Waals surface area contributed by atoms with Crippen LogP contribution >= 0.6 is 11.6 Å². The second-order valence-electron chi connectivity index (χ2n) is 5.16. The minimum atomic E-state index is -0.570. The van der Waals surface area contributed by atoms with Crippen molar-refractivity contribution in [1.82, 2.24) is 10.6 Å². The van der Waals surface area contributed by atoms with Crippen LogP contribution < -0.4 is 10.6 Å². The lowest BCUT2D eigenvalue weighted by Crippen LogP contribution is -2.47. The van der Waals surface area contributed by atoms with Gasteiger partial charge in [-0.3, -0.25) is 9.59 Å². The molecule has 2 N–H and O–H groups in total. The Bertz CT molecular complexity index is 498. The molecule has 0 unspecified atom stereocenters. The Morgan fingerprint density at radius 3 is 2.55 bits per heavy atom. The molecule has 1 saturated carbocycles. The molecule has 0 aliphatic heterocycles. The van der Waals surface area contributed by atoms with Crippen LogP contribution in [0.2, 0.25) is 5.02 Å². The molecule has 1 atom stereocenters. The van der Waals surface area contributed by atoms with Crippen molar-refractivity contribution in [1.29, 1.82) is 0 Å². The van der Waals surface area contributed by atoms with Gasteiger partial charge < -0.3 is 10.6 Å². The van der Waals surface area contributed by atoms with Crippen LogP contribution in [0.5, 0.6) is 0 Å². The fourth-order valence-electron chi connectivity index (χ4n) is 2.38. The number of hydrogen-bond acceptors (Lipinski definition) is 2. The monoisotopic (exact) mass is 294 g/mol. The summed E-state index contributed by atoms with van der Waals surface area (Å²) in [7, 11) is 0. The van der Waals surface area contributed by atoms with E-state index in [1.807, 2.05) is 0 Å². The summed E-state index contributed by atoms with van der Waals surface area (Å²) in [6, 6.07) is 6.47. The van der Waals surface area contributed by atoms with Gasteiger partial charge in [-0.15, -0.1) is 0 Å². The number of rotatable bonds is 4. The third-order valence-corrected chi connectivity index (χ3v) is 3.89. The van der Waals surface area contributed by atoms with Crippen LogP contribution in [-0.2, 0) is 4.79 Å². The highest BCUT2D eigenvalue weighted by Crippen LogP contribution is 2.18. The lowest BCUT2D eigenvalue weighted by Gasteiger charge is -2.18. The number of amides is 2. The fourth-order valence-corrected chi connectivity index (χ4v) is 2.60. The van der Waals surface area contributed by atoms with Crippen LogP contribution in [-0.4, -0.2) is 23.9 Å². The molecule has 0 radical (unpaired) electrons. The molecule has 0 saturated heterocycles. The summed E-state index contributed by atoms with van der Waals surface area (Å²) < 4.78 is 0. The quantitative estimate of drug-likeness (QED) is 0.896. The number of carbonyl (C=O) groups excluding carboxylic acids is 2. The molecule has 2 amide bonds. The maximum Gasteiger partial charge on any atom is 0.253 e. The molecular weight excluding hydrogens is 276 g/mol. The largest absolute Gasteiger partial charge is 0.352 e. The van der Waals surface area contributed by atoms with Crippen molar-refractivity contribution in [3.8, 4) is 0 Å². The van der Waals surface area contributed by atoms with Crippen molar-refractivity contribution < 1.29 is 9.59 Å². The smallest absolute Gasteiger partial charge is 0.253 e. The maximum atomic E-state index is 12.0. The highest BCUT2D eigenvalue weighted by atomic mass is 35.5. The molecule has 1 aromatic rings. The van der Waals surface area contributed by atoms with Crippen LogP contribution in [0.15, 0.2) is 24.3 Å². The van der Waals surface area contributed by atoms with E-state index < -0.39 is 6.04 Å². The predicted molar refractivity (Wildman–Crippen MR) is 78.8 cm³/mol. The summed E-state index contributed by atoms with van der Waals surface area (Å²) >= 11 is 5.96. The molecule has 0 heterocycles. The molecule has 0 aromatic heterocycles. The Morgan fingerprint density at radius 1 is 1.25 bits per heavy atom. The standard InChI is InChI=1S/C15H19ClN2O2/c1-10(14(19)18-11-6-2-3-7-11)17-15(20)12-8-4-5-9-13(12)16/h4-5,8-11H,2-3,6-7H2,1H3,(H,17,20)(H,18,19)/t10-/m0/s1. The lowest BCUT2D eigenvalue weighted by atomic mass is 10.2. The molecule has 1 aliphatic carbocycles. The first-order valence-electron chi connectivity index (χ1n) is 6.93. The van der Waals surface area contributed by atoms with E-state index in [0.717, 1.165) is 25.7 Å². The van der Waals surface area contributed by atoms with Gasteiger partial charge in [0.1, 0.15) is 6.04 Å². The second-order valence-corrected chi connectivity index (χ2v) is 5.57.